The number of aromatic carboxylic acids is 1. The predicted molar refractivity (Wildman–Crippen MR) is 92.9 cm³/mol. The van der Waals surface area contributed by atoms with Crippen molar-refractivity contribution in [2.75, 3.05) is 32.1 Å². The van der Waals surface area contributed by atoms with Crippen LogP contribution < -0.4 is 4.90 Å². The highest BCUT2D eigenvalue weighted by molar-refractivity contribution is 6.30. The average Bonchev–Trinajstić information content (AvgIpc) is 3.12. The first-order valence-corrected chi connectivity index (χ1v) is 8.18. The highest BCUT2D eigenvalue weighted by Gasteiger charge is 2.31. The molecule has 25 heavy (non-hydrogen) atoms. The Morgan fingerprint density at radius 2 is 2.12 bits per heavy atom. The molecule has 7 nitrogen and oxygen atoms in total. The van der Waals surface area contributed by atoms with Gasteiger partial charge in [0.1, 0.15) is 0 Å². The summed E-state index contributed by atoms with van der Waals surface area (Å²) in [6, 6.07) is 6.69. The van der Waals surface area contributed by atoms with Crippen molar-refractivity contribution in [1.29, 1.82) is 0 Å². The zero-order valence-electron chi connectivity index (χ0n) is 13.9. The number of carbonyl (C=O) groups excluding carboxylic acids is 1. The van der Waals surface area contributed by atoms with Crippen molar-refractivity contribution in [3.05, 3.63) is 34.9 Å². The van der Waals surface area contributed by atoms with Crippen LogP contribution in [-0.2, 0) is 4.79 Å². The Balaban J connectivity index is 1.87. The van der Waals surface area contributed by atoms with Gasteiger partial charge < -0.3 is 19.4 Å². The molecule has 1 aromatic carbocycles. The Morgan fingerprint density at radius 1 is 1.44 bits per heavy atom. The monoisotopic (exact) mass is 363 g/mol. The highest BCUT2D eigenvalue weighted by atomic mass is 35.5. The molecule has 0 aliphatic carbocycles. The van der Waals surface area contributed by atoms with Gasteiger partial charge in [0.2, 0.25) is 5.91 Å². The number of likely N-dealkylation sites (tertiary alicyclic amines) is 1. The van der Waals surface area contributed by atoms with Crippen LogP contribution in [0.2, 0.25) is 5.02 Å². The van der Waals surface area contributed by atoms with Crippen molar-refractivity contribution in [2.24, 2.45) is 5.92 Å². The number of nitrogens with zero attached hydrogens (tertiary/aromatic N) is 3. The molecule has 132 valence electrons. The number of hydrogen-bond acceptors (Lipinski definition) is 5. The number of carbonyl (C=O) groups is 2. The summed E-state index contributed by atoms with van der Waals surface area (Å²) in [4.78, 5) is 26.8. The van der Waals surface area contributed by atoms with Gasteiger partial charge in [-0.2, -0.15) is 0 Å². The molecule has 1 aliphatic rings. The maximum Gasteiger partial charge on any atom is 0.343 e. The maximum atomic E-state index is 11.8. The normalized spacial score (nSPS) is 17.2. The van der Waals surface area contributed by atoms with Gasteiger partial charge in [-0.3, -0.25) is 4.79 Å². The number of aromatic nitrogens is 1. The van der Waals surface area contributed by atoms with Crippen LogP contribution in [0, 0.1) is 5.92 Å². The lowest BCUT2D eigenvalue weighted by atomic mass is 10.1. The number of anilines is 1. The third-order valence-corrected chi connectivity index (χ3v) is 4.56. The molecule has 0 saturated carbocycles. The number of benzene rings is 1. The van der Waals surface area contributed by atoms with E-state index in [1.807, 2.05) is 0 Å². The number of carboxylic acids is 1. The number of amides is 1. The minimum absolute atomic E-state index is 0.00232. The first kappa shape index (κ1) is 17.3. The van der Waals surface area contributed by atoms with Crippen LogP contribution >= 0.6 is 11.6 Å². The summed E-state index contributed by atoms with van der Waals surface area (Å²) in [5.74, 6) is -0.462. The van der Waals surface area contributed by atoms with Gasteiger partial charge in [0.25, 0.3) is 0 Å². The topological polar surface area (TPSA) is 86.9 Å². The quantitative estimate of drug-likeness (QED) is 0.878. The van der Waals surface area contributed by atoms with E-state index in [1.54, 1.807) is 48.2 Å². The largest absolute Gasteiger partial charge is 0.477 e. The highest BCUT2D eigenvalue weighted by Crippen LogP contribution is 2.32. The molecule has 0 spiro atoms. The fraction of sp³-hybridized carbons (Fsp3) is 0.353. The Morgan fingerprint density at radius 3 is 2.68 bits per heavy atom. The number of hydrogen-bond donors (Lipinski definition) is 1. The second kappa shape index (κ2) is 6.76. The van der Waals surface area contributed by atoms with E-state index in [2.05, 4.69) is 5.16 Å². The fourth-order valence-electron chi connectivity index (χ4n) is 3.09. The van der Waals surface area contributed by atoms with Crippen LogP contribution in [0.25, 0.3) is 11.3 Å². The molecule has 1 atom stereocenters. The molecular formula is C17H18ClN3O4. The molecule has 1 aromatic heterocycles. The van der Waals surface area contributed by atoms with E-state index in [1.165, 1.54) is 0 Å². The minimum atomic E-state index is -1.12. The van der Waals surface area contributed by atoms with E-state index in [0.29, 0.717) is 30.1 Å². The molecular weight excluding hydrogens is 346 g/mol. The van der Waals surface area contributed by atoms with Gasteiger partial charge in [-0.15, -0.1) is 0 Å². The summed E-state index contributed by atoms with van der Waals surface area (Å²) in [5.41, 5.74) is 0.590. The number of halogens is 1. The Kier molecular flexibility index (Phi) is 4.67. The van der Waals surface area contributed by atoms with Crippen LogP contribution in [-0.4, -0.2) is 54.2 Å². The van der Waals surface area contributed by atoms with Crippen LogP contribution in [0.1, 0.15) is 16.8 Å². The van der Waals surface area contributed by atoms with Gasteiger partial charge >= 0.3 is 5.97 Å². The molecule has 1 fully saturated rings. The average molecular weight is 364 g/mol. The van der Waals surface area contributed by atoms with Crippen LogP contribution in [0.4, 0.5) is 5.82 Å². The molecule has 1 aliphatic heterocycles. The third-order valence-electron chi connectivity index (χ3n) is 4.31. The van der Waals surface area contributed by atoms with Crippen LogP contribution in [0.15, 0.2) is 28.8 Å². The van der Waals surface area contributed by atoms with Gasteiger partial charge in [-0.25, -0.2) is 4.79 Å². The standard InChI is InChI=1S/C17H18ClN3O4/c1-20-8-10(7-13(20)22)9-21(2)16-14(17(23)24)15(25-19-16)11-3-5-12(18)6-4-11/h3-6,10H,7-9H2,1-2H3,(H,23,24). The van der Waals surface area contributed by atoms with Gasteiger partial charge in [-0.05, 0) is 24.3 Å². The molecule has 0 bridgehead atoms. The molecule has 2 aromatic rings. The summed E-state index contributed by atoms with van der Waals surface area (Å²) in [7, 11) is 3.51. The van der Waals surface area contributed by atoms with Crippen LogP contribution in [0.5, 0.6) is 0 Å². The van der Waals surface area contributed by atoms with E-state index in [9.17, 15) is 14.7 Å². The fourth-order valence-corrected chi connectivity index (χ4v) is 3.21. The van der Waals surface area contributed by atoms with E-state index < -0.39 is 5.97 Å². The van der Waals surface area contributed by atoms with E-state index in [0.717, 1.165) is 0 Å². The Labute approximate surface area is 149 Å². The van der Waals surface area contributed by atoms with E-state index >= 15 is 0 Å². The predicted octanol–water partition coefficient (Wildman–Crippen LogP) is 2.61. The first-order chi connectivity index (χ1) is 11.9. The molecule has 1 saturated heterocycles. The smallest absolute Gasteiger partial charge is 0.343 e. The van der Waals surface area contributed by atoms with Gasteiger partial charge in [-0.1, -0.05) is 16.8 Å². The molecule has 0 radical (unpaired) electrons. The molecule has 8 heteroatoms. The SMILES string of the molecule is CN1CC(CN(C)c2noc(-c3ccc(Cl)cc3)c2C(=O)O)CC1=O. The van der Waals surface area contributed by atoms with Crippen LogP contribution in [0.3, 0.4) is 0 Å². The van der Waals surface area contributed by atoms with Crippen molar-refractivity contribution in [1.82, 2.24) is 10.1 Å². The molecule has 1 amide bonds. The summed E-state index contributed by atoms with van der Waals surface area (Å²) in [5, 5.41) is 14.1. The lowest BCUT2D eigenvalue weighted by Gasteiger charge is -2.20. The number of rotatable bonds is 5. The van der Waals surface area contributed by atoms with Crippen molar-refractivity contribution in [3.8, 4) is 11.3 Å². The van der Waals surface area contributed by atoms with Crippen molar-refractivity contribution in [3.63, 3.8) is 0 Å². The molecule has 2 heterocycles. The van der Waals surface area contributed by atoms with Crippen molar-refractivity contribution in [2.45, 2.75) is 6.42 Å². The van der Waals surface area contributed by atoms with Crippen molar-refractivity contribution < 1.29 is 19.2 Å². The van der Waals surface area contributed by atoms with Gasteiger partial charge in [0, 0.05) is 50.1 Å². The minimum Gasteiger partial charge on any atom is -0.477 e. The lowest BCUT2D eigenvalue weighted by Crippen LogP contribution is -2.28. The summed E-state index contributed by atoms with van der Waals surface area (Å²) in [6.07, 6.45) is 0.450. The van der Waals surface area contributed by atoms with E-state index in [-0.39, 0.29) is 29.0 Å². The molecule has 3 rings (SSSR count). The third kappa shape index (κ3) is 3.46. The molecule has 1 unspecified atom stereocenters. The zero-order chi connectivity index (χ0) is 18.1. The summed E-state index contributed by atoms with van der Waals surface area (Å²) >= 11 is 5.87. The Hall–Kier alpha value is -2.54. The maximum absolute atomic E-state index is 11.8. The zero-order valence-corrected chi connectivity index (χ0v) is 14.7. The lowest BCUT2D eigenvalue weighted by molar-refractivity contribution is -0.126. The second-order valence-corrected chi connectivity index (χ2v) is 6.68. The number of carboxylic acid groups (broad SMARTS) is 1. The Bertz CT molecular complexity index is 803. The molecule has 1 N–H and O–H groups in total. The van der Waals surface area contributed by atoms with Gasteiger partial charge in [0.05, 0.1) is 0 Å². The van der Waals surface area contributed by atoms with E-state index in [4.69, 9.17) is 16.1 Å². The van der Waals surface area contributed by atoms with Crippen molar-refractivity contribution >= 4 is 29.3 Å². The first-order valence-electron chi connectivity index (χ1n) is 7.80. The summed E-state index contributed by atoms with van der Waals surface area (Å²) < 4.78 is 5.32. The van der Waals surface area contributed by atoms with Gasteiger partial charge in [0.15, 0.2) is 17.1 Å². The summed E-state index contributed by atoms with van der Waals surface area (Å²) in [6.45, 7) is 1.16. The second-order valence-electron chi connectivity index (χ2n) is 6.25.